The largest absolute Gasteiger partial charge is 0.393 e. The maximum atomic E-state index is 10.6. The summed E-state index contributed by atoms with van der Waals surface area (Å²) < 4.78 is 6.61. The number of aliphatic hydroxyl groups is 1. The molecule has 0 aromatic rings. The molecule has 1 heterocycles. The molecule has 5 aliphatic rings. The summed E-state index contributed by atoms with van der Waals surface area (Å²) in [7, 11) is 0. The Morgan fingerprint density at radius 3 is 2.82 bits per heavy atom. The lowest BCUT2D eigenvalue weighted by molar-refractivity contribution is -0.0789. The first-order valence-electron chi connectivity index (χ1n) is 9.47. The molecule has 0 aromatic carbocycles. The van der Waals surface area contributed by atoms with Gasteiger partial charge in [-0.15, -0.1) is 0 Å². The van der Waals surface area contributed by atoms with E-state index >= 15 is 0 Å². The van der Waals surface area contributed by atoms with Crippen LogP contribution in [0.1, 0.15) is 65.2 Å². The minimum absolute atomic E-state index is 0.0684. The van der Waals surface area contributed by atoms with Gasteiger partial charge in [0, 0.05) is 0 Å². The van der Waals surface area contributed by atoms with Gasteiger partial charge in [0.25, 0.3) is 0 Å². The number of aliphatic hydroxyl groups excluding tert-OH is 1. The van der Waals surface area contributed by atoms with E-state index in [1.54, 1.807) is 0 Å². The van der Waals surface area contributed by atoms with Crippen molar-refractivity contribution in [2.75, 3.05) is 0 Å². The van der Waals surface area contributed by atoms with Crippen molar-refractivity contribution < 1.29 is 9.84 Å². The van der Waals surface area contributed by atoms with E-state index in [2.05, 4.69) is 20.4 Å². The summed E-state index contributed by atoms with van der Waals surface area (Å²) >= 11 is 0. The molecule has 122 valence electrons. The zero-order valence-electron chi connectivity index (χ0n) is 14.1. The van der Waals surface area contributed by atoms with Crippen molar-refractivity contribution in [1.82, 2.24) is 0 Å². The predicted molar refractivity (Wildman–Crippen MR) is 86.4 cm³/mol. The van der Waals surface area contributed by atoms with Crippen LogP contribution in [0.15, 0.2) is 12.2 Å². The zero-order chi connectivity index (χ0) is 15.3. The number of ether oxygens (including phenoxy) is 1. The van der Waals surface area contributed by atoms with Crippen LogP contribution in [0.3, 0.4) is 0 Å². The predicted octanol–water partition coefficient (Wildman–Crippen LogP) is 4.08. The number of fused-ring (bicyclic) bond motifs is 3. The molecule has 0 aromatic heterocycles. The van der Waals surface area contributed by atoms with Crippen LogP contribution in [0.25, 0.3) is 0 Å². The first-order chi connectivity index (χ1) is 10.4. The van der Waals surface area contributed by atoms with Gasteiger partial charge < -0.3 is 9.84 Å². The third-order valence-electron chi connectivity index (χ3n) is 8.68. The van der Waals surface area contributed by atoms with Crippen LogP contribution in [0.2, 0.25) is 0 Å². The highest BCUT2D eigenvalue weighted by Gasteiger charge is 2.78. The molecule has 5 rings (SSSR count). The lowest BCUT2D eigenvalue weighted by Crippen LogP contribution is -2.55. The van der Waals surface area contributed by atoms with Gasteiger partial charge >= 0.3 is 0 Å². The van der Waals surface area contributed by atoms with Crippen molar-refractivity contribution in [2.45, 2.75) is 82.5 Å². The van der Waals surface area contributed by atoms with Gasteiger partial charge in [0.05, 0.1) is 6.10 Å². The van der Waals surface area contributed by atoms with Gasteiger partial charge in [-0.05, 0) is 80.5 Å². The summed E-state index contributed by atoms with van der Waals surface area (Å²) in [5, 5.41) is 10.6. The molecule has 22 heavy (non-hydrogen) atoms. The molecule has 4 saturated carbocycles. The second kappa shape index (κ2) is 4.00. The Kier molecular flexibility index (Phi) is 2.56. The molecule has 0 radical (unpaired) electrons. The molecule has 0 amide bonds. The first-order valence-corrected chi connectivity index (χ1v) is 9.47. The number of hydrogen-bond acceptors (Lipinski definition) is 2. The van der Waals surface area contributed by atoms with Gasteiger partial charge in [-0.3, -0.25) is 0 Å². The third-order valence-corrected chi connectivity index (χ3v) is 8.68. The summed E-state index contributed by atoms with van der Waals surface area (Å²) in [5.74, 6) is 2.98. The summed E-state index contributed by atoms with van der Waals surface area (Å²) in [6, 6.07) is 0. The molecule has 5 fully saturated rings. The Balaban J connectivity index is 1.53. The van der Waals surface area contributed by atoms with E-state index in [0.717, 1.165) is 36.5 Å². The van der Waals surface area contributed by atoms with Gasteiger partial charge in [0.2, 0.25) is 0 Å². The smallest absolute Gasteiger partial charge is 0.102 e. The summed E-state index contributed by atoms with van der Waals surface area (Å²) in [6.45, 7) is 9.10. The van der Waals surface area contributed by atoms with Crippen LogP contribution in [0.4, 0.5) is 0 Å². The van der Waals surface area contributed by atoms with Gasteiger partial charge in [0.1, 0.15) is 11.2 Å². The minimum Gasteiger partial charge on any atom is -0.393 e. The molecule has 1 N–H and O–H groups in total. The van der Waals surface area contributed by atoms with E-state index in [9.17, 15) is 5.11 Å². The maximum absolute atomic E-state index is 10.6. The molecule has 0 bridgehead atoms. The lowest BCUT2D eigenvalue weighted by Gasteiger charge is -2.55. The SMILES string of the molecule is C=C1CCC23O[C@]2(C1)C[C@@H](C)[C@@H]1[C@@H]3CC[C@]2(C)[C@H](O)CC[C@@H]12. The van der Waals surface area contributed by atoms with Crippen LogP contribution in [-0.4, -0.2) is 22.4 Å². The van der Waals surface area contributed by atoms with Crippen LogP contribution in [-0.2, 0) is 4.74 Å². The van der Waals surface area contributed by atoms with Crippen LogP contribution in [0.5, 0.6) is 0 Å². The van der Waals surface area contributed by atoms with E-state index in [1.807, 2.05) is 0 Å². The van der Waals surface area contributed by atoms with Crippen molar-refractivity contribution in [2.24, 2.45) is 29.1 Å². The highest BCUT2D eigenvalue weighted by atomic mass is 16.6. The molecule has 8 atom stereocenters. The van der Waals surface area contributed by atoms with Crippen LogP contribution >= 0.6 is 0 Å². The molecular formula is C20H30O2. The molecule has 1 aliphatic heterocycles. The normalized spacial score (nSPS) is 62.7. The minimum atomic E-state index is -0.0684. The maximum Gasteiger partial charge on any atom is 0.102 e. The fourth-order valence-corrected chi connectivity index (χ4v) is 7.69. The molecule has 2 nitrogen and oxygen atoms in total. The van der Waals surface area contributed by atoms with E-state index in [4.69, 9.17) is 4.74 Å². The van der Waals surface area contributed by atoms with Crippen LogP contribution < -0.4 is 0 Å². The van der Waals surface area contributed by atoms with Crippen LogP contribution in [0, 0.1) is 29.1 Å². The summed E-state index contributed by atoms with van der Waals surface area (Å²) in [6.07, 6.45) is 9.39. The first kappa shape index (κ1) is 14.0. The quantitative estimate of drug-likeness (QED) is 0.540. The number of hydrogen-bond donors (Lipinski definition) is 1. The van der Waals surface area contributed by atoms with E-state index < -0.39 is 0 Å². The van der Waals surface area contributed by atoms with Crippen molar-refractivity contribution >= 4 is 0 Å². The van der Waals surface area contributed by atoms with E-state index in [0.29, 0.717) is 0 Å². The summed E-state index contributed by atoms with van der Waals surface area (Å²) in [5.41, 5.74) is 1.95. The second-order valence-electron chi connectivity index (χ2n) is 9.52. The fourth-order valence-electron chi connectivity index (χ4n) is 7.69. The Morgan fingerprint density at radius 2 is 2.00 bits per heavy atom. The van der Waals surface area contributed by atoms with Crippen molar-refractivity contribution in [3.05, 3.63) is 12.2 Å². The van der Waals surface area contributed by atoms with E-state index in [1.165, 1.54) is 44.1 Å². The monoisotopic (exact) mass is 302 g/mol. The Labute approximate surface area is 134 Å². The lowest BCUT2D eigenvalue weighted by atomic mass is 9.48. The Bertz CT molecular complexity index is 542. The highest BCUT2D eigenvalue weighted by molar-refractivity contribution is 5.31. The van der Waals surface area contributed by atoms with Crippen molar-refractivity contribution in [3.8, 4) is 0 Å². The van der Waals surface area contributed by atoms with Crippen molar-refractivity contribution in [3.63, 3.8) is 0 Å². The van der Waals surface area contributed by atoms with Gasteiger partial charge in [-0.25, -0.2) is 0 Å². The Morgan fingerprint density at radius 1 is 1.18 bits per heavy atom. The van der Waals surface area contributed by atoms with E-state index in [-0.39, 0.29) is 22.7 Å². The van der Waals surface area contributed by atoms with Gasteiger partial charge in [-0.1, -0.05) is 26.0 Å². The van der Waals surface area contributed by atoms with Crippen molar-refractivity contribution in [1.29, 1.82) is 0 Å². The highest BCUT2D eigenvalue weighted by Crippen LogP contribution is 2.74. The average molecular weight is 302 g/mol. The van der Waals surface area contributed by atoms with Gasteiger partial charge in [-0.2, -0.15) is 0 Å². The van der Waals surface area contributed by atoms with Gasteiger partial charge in [0.15, 0.2) is 0 Å². The molecule has 1 saturated heterocycles. The number of epoxide rings is 1. The standard InChI is InChI=1S/C20H30O2/c1-12-6-9-20-15-7-8-18(3)14(4-5-16(18)21)17(15)13(2)11-19(20,10-12)22-20/h13-17,21H,1,4-11H2,2-3H3/t13-,14+,15+,16-,17+,18+,19-,20?/m1/s1. The second-order valence-corrected chi connectivity index (χ2v) is 9.52. The topological polar surface area (TPSA) is 32.8 Å². The average Bonchev–Trinajstić information content (AvgIpc) is 3.04. The summed E-state index contributed by atoms with van der Waals surface area (Å²) in [4.78, 5) is 0. The number of rotatable bonds is 0. The molecular weight excluding hydrogens is 272 g/mol. The molecule has 4 aliphatic carbocycles. The Hall–Kier alpha value is -0.340. The molecule has 0 spiro atoms. The third kappa shape index (κ3) is 1.41. The molecule has 1 unspecified atom stereocenters. The zero-order valence-corrected chi connectivity index (χ0v) is 14.1. The fraction of sp³-hybridized carbons (Fsp3) is 0.900. The molecule has 2 heteroatoms.